The molecule has 2 heteroatoms. The lowest BCUT2D eigenvalue weighted by Crippen LogP contribution is -1.92. The van der Waals surface area contributed by atoms with Gasteiger partial charge in [-0.2, -0.15) is 0 Å². The monoisotopic (exact) mass is 268 g/mol. The maximum atomic E-state index is 10.3. The van der Waals surface area contributed by atoms with Gasteiger partial charge in [0.1, 0.15) is 12.6 Å². The minimum atomic E-state index is 0.0289. The van der Waals surface area contributed by atoms with Crippen LogP contribution in [0.25, 0.3) is 0 Å². The van der Waals surface area contributed by atoms with Gasteiger partial charge in [0.2, 0.25) is 0 Å². The van der Waals surface area contributed by atoms with Gasteiger partial charge in [-0.05, 0) is 18.1 Å². The minimum absolute atomic E-state index is 0.0289. The summed E-state index contributed by atoms with van der Waals surface area (Å²) in [5.41, 5.74) is 3.40. The Hall–Kier alpha value is -2.22. The summed E-state index contributed by atoms with van der Waals surface area (Å²) in [6.45, 7) is 3.92. The van der Waals surface area contributed by atoms with E-state index in [4.69, 9.17) is 0 Å². The molecule has 0 aliphatic carbocycles. The summed E-state index contributed by atoms with van der Waals surface area (Å²) in [6, 6.07) is 17.7. The van der Waals surface area contributed by atoms with E-state index in [2.05, 4.69) is 0 Å². The van der Waals surface area contributed by atoms with E-state index in [1.54, 1.807) is 0 Å². The first-order valence-corrected chi connectivity index (χ1v) is 6.66. The molecule has 0 aliphatic heterocycles. The van der Waals surface area contributed by atoms with Crippen LogP contribution in [0.5, 0.6) is 0 Å². The van der Waals surface area contributed by atoms with Crippen LogP contribution in [0.2, 0.25) is 0 Å². The van der Waals surface area contributed by atoms with Gasteiger partial charge in [0.05, 0.1) is 0 Å². The van der Waals surface area contributed by atoms with E-state index in [9.17, 15) is 9.59 Å². The van der Waals surface area contributed by atoms with Gasteiger partial charge in [-0.3, -0.25) is 0 Å². The molecule has 0 saturated heterocycles. The van der Waals surface area contributed by atoms with E-state index < -0.39 is 0 Å². The molecule has 20 heavy (non-hydrogen) atoms. The molecule has 0 saturated carbocycles. The van der Waals surface area contributed by atoms with Crippen LogP contribution >= 0.6 is 0 Å². The Morgan fingerprint density at radius 3 is 2.05 bits per heavy atom. The zero-order valence-electron chi connectivity index (χ0n) is 12.0. The Balaban J connectivity index is 0.000000200. The topological polar surface area (TPSA) is 34.1 Å². The molecule has 0 aliphatic rings. The molecule has 0 bridgehead atoms. The SMILES string of the molecule is CC(C=O)c1ccccc1.Cc1ccc(CC=O)cc1. The Kier molecular flexibility index (Phi) is 6.97. The van der Waals surface area contributed by atoms with Gasteiger partial charge in [-0.1, -0.05) is 67.1 Å². The van der Waals surface area contributed by atoms with Crippen molar-refractivity contribution in [3.05, 3.63) is 71.3 Å². The highest BCUT2D eigenvalue weighted by molar-refractivity contribution is 5.61. The molecule has 2 aromatic rings. The lowest BCUT2D eigenvalue weighted by atomic mass is 10.0. The third-order valence-corrected chi connectivity index (χ3v) is 2.97. The number of carbonyl (C=O) groups excluding carboxylic acids is 2. The fourth-order valence-electron chi connectivity index (χ4n) is 1.66. The third-order valence-electron chi connectivity index (χ3n) is 2.97. The number of aldehydes is 2. The fourth-order valence-corrected chi connectivity index (χ4v) is 1.66. The molecule has 0 spiro atoms. The third kappa shape index (κ3) is 5.61. The van der Waals surface area contributed by atoms with Crippen LogP contribution in [0.4, 0.5) is 0 Å². The molecule has 104 valence electrons. The van der Waals surface area contributed by atoms with Crippen LogP contribution in [-0.4, -0.2) is 12.6 Å². The molecule has 0 N–H and O–H groups in total. The zero-order chi connectivity index (χ0) is 14.8. The number of carbonyl (C=O) groups is 2. The molecule has 0 amide bonds. The molecule has 1 unspecified atom stereocenters. The van der Waals surface area contributed by atoms with Gasteiger partial charge in [0.15, 0.2) is 0 Å². The van der Waals surface area contributed by atoms with Crippen molar-refractivity contribution < 1.29 is 9.59 Å². The molecule has 0 fully saturated rings. The van der Waals surface area contributed by atoms with Crippen molar-refractivity contribution in [2.45, 2.75) is 26.2 Å². The van der Waals surface area contributed by atoms with E-state index >= 15 is 0 Å². The van der Waals surface area contributed by atoms with Crippen LogP contribution in [0.15, 0.2) is 54.6 Å². The van der Waals surface area contributed by atoms with Crippen molar-refractivity contribution in [1.82, 2.24) is 0 Å². The summed E-state index contributed by atoms with van der Waals surface area (Å²) in [4.78, 5) is 20.4. The van der Waals surface area contributed by atoms with Crippen molar-refractivity contribution >= 4 is 12.6 Å². The van der Waals surface area contributed by atoms with Crippen molar-refractivity contribution in [2.24, 2.45) is 0 Å². The second-order valence-electron chi connectivity index (χ2n) is 4.69. The van der Waals surface area contributed by atoms with Gasteiger partial charge < -0.3 is 9.59 Å². The predicted molar refractivity (Wildman–Crippen MR) is 81.9 cm³/mol. The standard InChI is InChI=1S/2C9H10O/c1-8-2-4-9(5-3-8)6-7-10;1-8(7-10)9-5-3-2-4-6-9/h2-5,7H,6H2,1H3;2-8H,1H3. The first-order chi connectivity index (χ1) is 9.67. The maximum absolute atomic E-state index is 10.3. The quantitative estimate of drug-likeness (QED) is 0.792. The van der Waals surface area contributed by atoms with Crippen molar-refractivity contribution in [2.75, 3.05) is 0 Å². The Morgan fingerprint density at radius 2 is 1.55 bits per heavy atom. The van der Waals surface area contributed by atoms with Gasteiger partial charge in [0.25, 0.3) is 0 Å². The number of rotatable bonds is 4. The zero-order valence-corrected chi connectivity index (χ0v) is 12.0. The highest BCUT2D eigenvalue weighted by Crippen LogP contribution is 2.10. The summed E-state index contributed by atoms with van der Waals surface area (Å²) in [6.07, 6.45) is 2.40. The van der Waals surface area contributed by atoms with Crippen molar-refractivity contribution in [3.8, 4) is 0 Å². The summed E-state index contributed by atoms with van der Waals surface area (Å²) in [5, 5.41) is 0. The smallest absolute Gasteiger partial charge is 0.127 e. The predicted octanol–water partition coefficient (Wildman–Crippen LogP) is 3.73. The van der Waals surface area contributed by atoms with Crippen LogP contribution in [0, 0.1) is 6.92 Å². The highest BCUT2D eigenvalue weighted by Gasteiger charge is 1.99. The first kappa shape index (κ1) is 15.8. The molecule has 0 aromatic heterocycles. The summed E-state index contributed by atoms with van der Waals surface area (Å²) >= 11 is 0. The average molecular weight is 268 g/mol. The number of hydrogen-bond donors (Lipinski definition) is 0. The van der Waals surface area contributed by atoms with E-state index in [0.29, 0.717) is 6.42 Å². The number of hydrogen-bond acceptors (Lipinski definition) is 2. The number of aryl methyl sites for hydroxylation is 1. The van der Waals surface area contributed by atoms with E-state index in [1.807, 2.05) is 68.4 Å². The van der Waals surface area contributed by atoms with Crippen molar-refractivity contribution in [1.29, 1.82) is 0 Å². The van der Waals surface area contributed by atoms with E-state index in [1.165, 1.54) is 5.56 Å². The largest absolute Gasteiger partial charge is 0.303 e. The summed E-state index contributed by atoms with van der Waals surface area (Å²) in [5.74, 6) is 0.0289. The van der Waals surface area contributed by atoms with Gasteiger partial charge in [-0.25, -0.2) is 0 Å². The van der Waals surface area contributed by atoms with Gasteiger partial charge in [0, 0.05) is 12.3 Å². The molecule has 1 atom stereocenters. The lowest BCUT2D eigenvalue weighted by molar-refractivity contribution is -0.109. The molecule has 2 rings (SSSR count). The first-order valence-electron chi connectivity index (χ1n) is 6.66. The Bertz CT molecular complexity index is 515. The van der Waals surface area contributed by atoms with Crippen LogP contribution in [0.1, 0.15) is 29.5 Å². The van der Waals surface area contributed by atoms with Crippen LogP contribution in [-0.2, 0) is 16.0 Å². The molecule has 0 heterocycles. The molecule has 2 nitrogen and oxygen atoms in total. The van der Waals surface area contributed by atoms with Crippen LogP contribution < -0.4 is 0 Å². The van der Waals surface area contributed by atoms with Gasteiger partial charge in [-0.15, -0.1) is 0 Å². The van der Waals surface area contributed by atoms with Gasteiger partial charge >= 0.3 is 0 Å². The molecule has 2 aromatic carbocycles. The highest BCUT2D eigenvalue weighted by atomic mass is 16.1. The second kappa shape index (κ2) is 8.81. The maximum Gasteiger partial charge on any atom is 0.127 e. The van der Waals surface area contributed by atoms with E-state index in [0.717, 1.165) is 23.7 Å². The normalized spacial score (nSPS) is 10.9. The second-order valence-corrected chi connectivity index (χ2v) is 4.69. The Morgan fingerprint density at radius 1 is 0.950 bits per heavy atom. The van der Waals surface area contributed by atoms with E-state index in [-0.39, 0.29) is 5.92 Å². The average Bonchev–Trinajstić information content (AvgIpc) is 2.50. The Labute approximate surface area is 120 Å². The summed E-state index contributed by atoms with van der Waals surface area (Å²) < 4.78 is 0. The summed E-state index contributed by atoms with van der Waals surface area (Å²) in [7, 11) is 0. The van der Waals surface area contributed by atoms with Crippen LogP contribution in [0.3, 0.4) is 0 Å². The molecular formula is C18H20O2. The minimum Gasteiger partial charge on any atom is -0.303 e. The number of benzene rings is 2. The fraction of sp³-hybridized carbons (Fsp3) is 0.222. The molecular weight excluding hydrogens is 248 g/mol. The lowest BCUT2D eigenvalue weighted by Gasteiger charge is -2.00. The molecule has 0 radical (unpaired) electrons. The van der Waals surface area contributed by atoms with Crippen molar-refractivity contribution in [3.63, 3.8) is 0 Å².